The second-order valence-electron chi connectivity index (χ2n) is 25.5. The smallest absolute Gasteiger partial charge is 0.0561 e. The average molecular weight is 1050 g/mol. The molecule has 0 amide bonds. The lowest BCUT2D eigenvalue weighted by Gasteiger charge is -2.36. The van der Waals surface area contributed by atoms with E-state index in [1.165, 1.54) is 128 Å². The molecule has 10 rings (SSSR count). The van der Waals surface area contributed by atoms with Gasteiger partial charge in [0.2, 0.25) is 0 Å². The van der Waals surface area contributed by atoms with Crippen LogP contribution in [0.3, 0.4) is 0 Å². The van der Waals surface area contributed by atoms with Crippen molar-refractivity contribution in [2.24, 2.45) is 0 Å². The molecule has 3 heteroatoms. The highest BCUT2D eigenvalue weighted by atomic mass is 15.2. The van der Waals surface area contributed by atoms with Crippen LogP contribution >= 0.6 is 0 Å². The van der Waals surface area contributed by atoms with E-state index in [0.29, 0.717) is 0 Å². The summed E-state index contributed by atoms with van der Waals surface area (Å²) in [5.41, 5.74) is 24.2. The largest absolute Gasteiger partial charge is 0.309 e. The molecule has 0 aliphatic rings. The molecule has 3 nitrogen and oxygen atoms in total. The first-order valence-corrected chi connectivity index (χ1v) is 30.0. The minimum absolute atomic E-state index is 0.000256. The quantitative estimate of drug-likeness (QED) is 0.0948. The maximum Gasteiger partial charge on any atom is 0.0561 e. The van der Waals surface area contributed by atoms with Crippen molar-refractivity contribution in [3.8, 4) is 0 Å². The van der Waals surface area contributed by atoms with Gasteiger partial charge in [0.15, 0.2) is 0 Å². The third-order valence-corrected chi connectivity index (χ3v) is 17.3. The molecule has 0 atom stereocenters. The first-order chi connectivity index (χ1) is 38.2. The standard InChI is InChI=1S/C77H87N3/c1-17-51-26-23-27-52(18-2)72(51)78(60-38-32-57(33-39-60)75(8,9)10)67-48-50(7)63-44-45-65-68(79(61-40-34-58(35-41-61)76(11,12)13)73-53(19-3)28-24-29-54(73)20-4)49-69(66-47-46-64(67)70(63)71(65)66)80(62-42-36-59(37-43-62)77(14,15)16)74-55(21-5)30-25-31-56(74)22-6/h23-49H,17-22H2,1-16H3. The van der Waals surface area contributed by atoms with Crippen LogP contribution in [0.1, 0.15) is 159 Å². The van der Waals surface area contributed by atoms with Gasteiger partial charge in [-0.3, -0.25) is 0 Å². The molecule has 0 unspecified atom stereocenters. The molecule has 0 heterocycles. The van der Waals surface area contributed by atoms with Gasteiger partial charge in [-0.2, -0.15) is 0 Å². The van der Waals surface area contributed by atoms with Crippen LogP contribution in [0.25, 0.3) is 32.3 Å². The molecule has 0 bridgehead atoms. The summed E-state index contributed by atoms with van der Waals surface area (Å²) in [4.78, 5) is 7.91. The van der Waals surface area contributed by atoms with Crippen molar-refractivity contribution < 1.29 is 0 Å². The summed E-state index contributed by atoms with van der Waals surface area (Å²) in [7, 11) is 0. The molecular formula is C77H87N3. The lowest BCUT2D eigenvalue weighted by atomic mass is 9.86. The summed E-state index contributed by atoms with van der Waals surface area (Å²) in [5.74, 6) is 0. The van der Waals surface area contributed by atoms with Crippen LogP contribution < -0.4 is 14.7 Å². The summed E-state index contributed by atoms with van der Waals surface area (Å²) < 4.78 is 0. The van der Waals surface area contributed by atoms with E-state index in [4.69, 9.17) is 0 Å². The molecular weight excluding hydrogens is 967 g/mol. The topological polar surface area (TPSA) is 9.72 Å². The van der Waals surface area contributed by atoms with Gasteiger partial charge in [0.05, 0.1) is 34.1 Å². The molecule has 0 fully saturated rings. The van der Waals surface area contributed by atoms with Gasteiger partial charge in [-0.05, 0) is 177 Å². The van der Waals surface area contributed by atoms with Crippen molar-refractivity contribution in [2.45, 2.75) is 166 Å². The fraction of sp³-hybridized carbons (Fsp3) is 0.325. The Hall–Kier alpha value is -7.36. The van der Waals surface area contributed by atoms with E-state index >= 15 is 0 Å². The number of hydrogen-bond donors (Lipinski definition) is 0. The predicted molar refractivity (Wildman–Crippen MR) is 351 cm³/mol. The Morgan fingerprint density at radius 3 is 0.775 bits per heavy atom. The van der Waals surface area contributed by atoms with E-state index in [0.717, 1.165) is 49.9 Å². The van der Waals surface area contributed by atoms with Crippen LogP contribution in [0, 0.1) is 6.92 Å². The van der Waals surface area contributed by atoms with Crippen molar-refractivity contribution in [3.05, 3.63) is 219 Å². The Morgan fingerprint density at radius 2 is 0.525 bits per heavy atom. The van der Waals surface area contributed by atoms with E-state index < -0.39 is 0 Å². The first kappa shape index (κ1) is 55.9. The molecule has 0 saturated heterocycles. The number of rotatable bonds is 15. The highest BCUT2D eigenvalue weighted by Gasteiger charge is 2.31. The van der Waals surface area contributed by atoms with Crippen molar-refractivity contribution >= 4 is 83.5 Å². The Morgan fingerprint density at radius 1 is 0.287 bits per heavy atom. The minimum atomic E-state index is -0.000256. The predicted octanol–water partition coefficient (Wildman–Crippen LogP) is 22.6. The third kappa shape index (κ3) is 10.0. The Kier molecular flexibility index (Phi) is 15.3. The van der Waals surface area contributed by atoms with Crippen LogP contribution in [0.4, 0.5) is 51.2 Å². The molecule has 0 radical (unpaired) electrons. The zero-order chi connectivity index (χ0) is 57.0. The van der Waals surface area contributed by atoms with E-state index in [1.807, 2.05) is 0 Å². The number of nitrogens with zero attached hydrogens (tertiary/aromatic N) is 3. The van der Waals surface area contributed by atoms with Crippen molar-refractivity contribution in [2.75, 3.05) is 14.7 Å². The molecule has 0 aliphatic heterocycles. The van der Waals surface area contributed by atoms with Crippen LogP contribution in [-0.4, -0.2) is 0 Å². The van der Waals surface area contributed by atoms with E-state index in [2.05, 4.69) is 289 Å². The van der Waals surface area contributed by atoms with E-state index in [-0.39, 0.29) is 16.2 Å². The van der Waals surface area contributed by atoms with E-state index in [9.17, 15) is 0 Å². The molecule has 0 spiro atoms. The number of hydrogen-bond acceptors (Lipinski definition) is 3. The van der Waals surface area contributed by atoms with Crippen LogP contribution in [0.5, 0.6) is 0 Å². The lowest BCUT2D eigenvalue weighted by molar-refractivity contribution is 0.590. The normalized spacial score (nSPS) is 12.3. The van der Waals surface area contributed by atoms with Crippen LogP contribution in [0.15, 0.2) is 164 Å². The first-order valence-electron chi connectivity index (χ1n) is 30.0. The van der Waals surface area contributed by atoms with Gasteiger partial charge in [-0.25, -0.2) is 0 Å². The summed E-state index contributed by atoms with van der Waals surface area (Å²) in [6.07, 6.45) is 5.47. The third-order valence-electron chi connectivity index (χ3n) is 17.3. The van der Waals surface area contributed by atoms with Crippen molar-refractivity contribution in [1.29, 1.82) is 0 Å². The fourth-order valence-electron chi connectivity index (χ4n) is 12.7. The fourth-order valence-corrected chi connectivity index (χ4v) is 12.7. The summed E-state index contributed by atoms with van der Waals surface area (Å²) in [6.45, 7) is 37.1. The van der Waals surface area contributed by atoms with Crippen LogP contribution in [0.2, 0.25) is 0 Å². The van der Waals surface area contributed by atoms with Gasteiger partial charge in [0.25, 0.3) is 0 Å². The second kappa shape index (κ2) is 21.9. The monoisotopic (exact) mass is 1050 g/mol. The van der Waals surface area contributed by atoms with Gasteiger partial charge in [0, 0.05) is 38.6 Å². The average Bonchev–Trinajstić information content (AvgIpc) is 3.65. The lowest BCUT2D eigenvalue weighted by Crippen LogP contribution is -2.19. The molecule has 410 valence electrons. The molecule has 0 saturated carbocycles. The molecule has 0 aromatic heterocycles. The molecule has 80 heavy (non-hydrogen) atoms. The van der Waals surface area contributed by atoms with Gasteiger partial charge in [-0.15, -0.1) is 0 Å². The minimum Gasteiger partial charge on any atom is -0.309 e. The zero-order valence-corrected chi connectivity index (χ0v) is 51.2. The van der Waals surface area contributed by atoms with Gasteiger partial charge in [0.1, 0.15) is 0 Å². The van der Waals surface area contributed by atoms with Gasteiger partial charge >= 0.3 is 0 Å². The number of anilines is 9. The molecule has 10 aromatic carbocycles. The van der Waals surface area contributed by atoms with E-state index in [1.54, 1.807) is 0 Å². The number of aryl methyl sites for hydroxylation is 7. The Bertz CT molecular complexity index is 3630. The number of para-hydroxylation sites is 3. The van der Waals surface area contributed by atoms with Gasteiger partial charge < -0.3 is 14.7 Å². The highest BCUT2D eigenvalue weighted by molar-refractivity contribution is 6.31. The van der Waals surface area contributed by atoms with Crippen LogP contribution in [-0.2, 0) is 54.8 Å². The maximum atomic E-state index is 2.65. The molecule has 0 aliphatic carbocycles. The zero-order valence-electron chi connectivity index (χ0n) is 51.2. The highest BCUT2D eigenvalue weighted by Crippen LogP contribution is 2.55. The van der Waals surface area contributed by atoms with Gasteiger partial charge in [-0.1, -0.05) is 219 Å². The molecule has 0 N–H and O–H groups in total. The second-order valence-corrected chi connectivity index (χ2v) is 25.5. The summed E-state index contributed by atoms with van der Waals surface area (Å²) in [6, 6.07) is 64.2. The van der Waals surface area contributed by atoms with Crippen molar-refractivity contribution in [1.82, 2.24) is 0 Å². The Labute approximate surface area is 480 Å². The number of benzene rings is 10. The van der Waals surface area contributed by atoms with Crippen molar-refractivity contribution in [3.63, 3.8) is 0 Å². The maximum absolute atomic E-state index is 2.65. The summed E-state index contributed by atoms with van der Waals surface area (Å²) in [5, 5.41) is 7.57. The Balaban J connectivity index is 1.42. The summed E-state index contributed by atoms with van der Waals surface area (Å²) >= 11 is 0. The molecule has 10 aromatic rings. The SMILES string of the molecule is CCc1cccc(CC)c1N(c1ccc(C(C)(C)C)cc1)c1cc(C)c2ccc3c(N(c4ccc(C(C)(C)C)cc4)c4c(CC)cccc4CC)cc(N(c4ccc(C(C)(C)C)cc4)c4c(CC)cccc4CC)c4ccc1c2c34.